The number of aromatic nitrogens is 1. The third-order valence-corrected chi connectivity index (χ3v) is 4.10. The van der Waals surface area contributed by atoms with Gasteiger partial charge in [0.05, 0.1) is 0 Å². The molecule has 0 saturated heterocycles. The van der Waals surface area contributed by atoms with Crippen molar-refractivity contribution in [3.8, 4) is 0 Å². The molecule has 0 bridgehead atoms. The predicted molar refractivity (Wildman–Crippen MR) is 84.0 cm³/mol. The second-order valence-corrected chi connectivity index (χ2v) is 5.84. The molecule has 21 heavy (non-hydrogen) atoms. The van der Waals surface area contributed by atoms with Crippen LogP contribution in [-0.2, 0) is 12.8 Å². The third kappa shape index (κ3) is 3.20. The molecule has 1 amide bonds. The quantitative estimate of drug-likeness (QED) is 0.752. The molecule has 0 fully saturated rings. The molecule has 1 aliphatic rings. The van der Waals surface area contributed by atoms with Crippen LogP contribution in [0.15, 0.2) is 36.4 Å². The molecular weight excluding hydrogens is 307 g/mol. The first-order chi connectivity index (χ1) is 10.1. The Balaban J connectivity index is 1.80. The Morgan fingerprint density at radius 2 is 1.52 bits per heavy atom. The van der Waals surface area contributed by atoms with Gasteiger partial charge < -0.3 is 4.90 Å². The Hall–Kier alpha value is -1.58. The first-order valence-electron chi connectivity index (χ1n) is 6.82. The molecule has 1 aromatic heterocycles. The lowest BCUT2D eigenvalue weighted by Crippen LogP contribution is -2.33. The van der Waals surface area contributed by atoms with Crippen molar-refractivity contribution >= 4 is 29.1 Å². The number of nitrogens with zero attached hydrogens (tertiary/aromatic N) is 2. The summed E-state index contributed by atoms with van der Waals surface area (Å²) in [7, 11) is 0. The van der Waals surface area contributed by atoms with E-state index in [2.05, 4.69) is 17.1 Å². The largest absolute Gasteiger partial charge is 0.338 e. The Morgan fingerprint density at radius 1 is 1.00 bits per heavy atom. The van der Waals surface area contributed by atoms with Crippen LogP contribution in [0.2, 0.25) is 10.3 Å². The van der Waals surface area contributed by atoms with E-state index < -0.39 is 0 Å². The van der Waals surface area contributed by atoms with Gasteiger partial charge in [0, 0.05) is 18.7 Å². The minimum Gasteiger partial charge on any atom is -0.338 e. The summed E-state index contributed by atoms with van der Waals surface area (Å²) in [4.78, 5) is 18.3. The first kappa shape index (κ1) is 14.4. The normalized spacial score (nSPS) is 14.5. The van der Waals surface area contributed by atoms with Gasteiger partial charge in [-0.15, -0.1) is 0 Å². The number of hydrogen-bond donors (Lipinski definition) is 0. The Bertz CT molecular complexity index is 640. The summed E-state index contributed by atoms with van der Waals surface area (Å²) < 4.78 is 0. The van der Waals surface area contributed by atoms with Crippen molar-refractivity contribution < 1.29 is 4.79 Å². The molecule has 3 rings (SSSR count). The molecule has 108 valence electrons. The summed E-state index contributed by atoms with van der Waals surface area (Å²) in [5, 5.41) is 0.480. The summed E-state index contributed by atoms with van der Waals surface area (Å²) in [6.07, 6.45) is 1.74. The average molecular weight is 321 g/mol. The molecule has 0 saturated carbocycles. The van der Waals surface area contributed by atoms with Crippen LogP contribution in [0.25, 0.3) is 0 Å². The minimum absolute atomic E-state index is 0.0472. The van der Waals surface area contributed by atoms with Gasteiger partial charge in [-0.3, -0.25) is 4.79 Å². The summed E-state index contributed by atoms with van der Waals surface area (Å²) >= 11 is 11.7. The molecule has 0 N–H and O–H groups in total. The van der Waals surface area contributed by atoms with Crippen LogP contribution in [-0.4, -0.2) is 28.9 Å². The van der Waals surface area contributed by atoms with E-state index in [1.165, 1.54) is 11.1 Å². The maximum absolute atomic E-state index is 12.6. The lowest BCUT2D eigenvalue weighted by molar-refractivity contribution is 0.0763. The van der Waals surface area contributed by atoms with Gasteiger partial charge in [-0.25, -0.2) is 4.98 Å². The van der Waals surface area contributed by atoms with Crippen LogP contribution < -0.4 is 0 Å². The van der Waals surface area contributed by atoms with Crippen LogP contribution in [0, 0.1) is 0 Å². The van der Waals surface area contributed by atoms with E-state index in [1.807, 2.05) is 17.0 Å². The fourth-order valence-corrected chi connectivity index (χ4v) is 3.10. The summed E-state index contributed by atoms with van der Waals surface area (Å²) in [6.45, 7) is 1.40. The lowest BCUT2D eigenvalue weighted by atomic mass is 10.0. The zero-order chi connectivity index (χ0) is 14.8. The molecule has 0 radical (unpaired) electrons. The third-order valence-electron chi connectivity index (χ3n) is 3.72. The van der Waals surface area contributed by atoms with Gasteiger partial charge in [0.1, 0.15) is 10.3 Å². The standard InChI is InChI=1S/C16H14Cl2N2O/c17-14-9-13(10-15(18)19-14)16(21)20-7-5-11-3-1-2-4-12(11)6-8-20/h1-4,9-10H,5-8H2. The van der Waals surface area contributed by atoms with Gasteiger partial charge in [0.15, 0.2) is 0 Å². The molecule has 5 heteroatoms. The van der Waals surface area contributed by atoms with Crippen molar-refractivity contribution in [3.05, 3.63) is 63.4 Å². The SMILES string of the molecule is O=C(c1cc(Cl)nc(Cl)c1)N1CCc2ccccc2CC1. The molecule has 2 aromatic rings. The van der Waals surface area contributed by atoms with E-state index in [0.717, 1.165) is 12.8 Å². The van der Waals surface area contributed by atoms with Gasteiger partial charge in [-0.1, -0.05) is 47.5 Å². The second kappa shape index (κ2) is 6.04. The van der Waals surface area contributed by atoms with E-state index >= 15 is 0 Å². The summed E-state index contributed by atoms with van der Waals surface area (Å²) in [5.41, 5.74) is 3.13. The topological polar surface area (TPSA) is 33.2 Å². The monoisotopic (exact) mass is 320 g/mol. The highest BCUT2D eigenvalue weighted by molar-refractivity contribution is 6.33. The second-order valence-electron chi connectivity index (χ2n) is 5.06. The molecule has 0 aliphatic carbocycles. The molecule has 2 heterocycles. The van der Waals surface area contributed by atoms with E-state index in [-0.39, 0.29) is 16.2 Å². The number of amides is 1. The van der Waals surface area contributed by atoms with Crippen molar-refractivity contribution in [1.29, 1.82) is 0 Å². The number of hydrogen-bond acceptors (Lipinski definition) is 2. The number of halogens is 2. The molecule has 1 aliphatic heterocycles. The van der Waals surface area contributed by atoms with Gasteiger partial charge in [0.2, 0.25) is 0 Å². The van der Waals surface area contributed by atoms with E-state index in [9.17, 15) is 4.79 Å². The number of benzene rings is 1. The average Bonchev–Trinajstić information content (AvgIpc) is 2.68. The van der Waals surface area contributed by atoms with Crippen molar-refractivity contribution in [3.63, 3.8) is 0 Å². The highest BCUT2D eigenvalue weighted by atomic mass is 35.5. The summed E-state index contributed by atoms with van der Waals surface area (Å²) in [6, 6.07) is 11.5. The maximum atomic E-state index is 12.6. The van der Waals surface area contributed by atoms with Crippen molar-refractivity contribution in [2.24, 2.45) is 0 Å². The van der Waals surface area contributed by atoms with Gasteiger partial charge in [0.25, 0.3) is 5.91 Å². The lowest BCUT2D eigenvalue weighted by Gasteiger charge is -2.20. The van der Waals surface area contributed by atoms with Crippen LogP contribution >= 0.6 is 23.2 Å². The van der Waals surface area contributed by atoms with E-state index in [4.69, 9.17) is 23.2 Å². The molecule has 3 nitrogen and oxygen atoms in total. The van der Waals surface area contributed by atoms with E-state index in [1.54, 1.807) is 12.1 Å². The highest BCUT2D eigenvalue weighted by Gasteiger charge is 2.20. The van der Waals surface area contributed by atoms with Crippen molar-refractivity contribution in [1.82, 2.24) is 9.88 Å². The van der Waals surface area contributed by atoms with E-state index in [0.29, 0.717) is 18.7 Å². The highest BCUT2D eigenvalue weighted by Crippen LogP contribution is 2.20. The summed E-state index contributed by atoms with van der Waals surface area (Å²) in [5.74, 6) is -0.0472. The fraction of sp³-hybridized carbons (Fsp3) is 0.250. The van der Waals surface area contributed by atoms with Crippen molar-refractivity contribution in [2.45, 2.75) is 12.8 Å². The van der Waals surface area contributed by atoms with Crippen LogP contribution in [0.5, 0.6) is 0 Å². The molecular formula is C16H14Cl2N2O. The molecule has 0 unspecified atom stereocenters. The Morgan fingerprint density at radius 3 is 2.05 bits per heavy atom. The van der Waals surface area contributed by atoms with Crippen LogP contribution in [0.3, 0.4) is 0 Å². The number of rotatable bonds is 1. The number of pyridine rings is 1. The molecule has 0 atom stereocenters. The van der Waals surface area contributed by atoms with Gasteiger partial charge in [-0.05, 0) is 36.1 Å². The molecule has 1 aromatic carbocycles. The van der Waals surface area contributed by atoms with Gasteiger partial charge in [-0.2, -0.15) is 0 Å². The zero-order valence-electron chi connectivity index (χ0n) is 11.4. The zero-order valence-corrected chi connectivity index (χ0v) is 12.9. The van der Waals surface area contributed by atoms with Crippen molar-refractivity contribution in [2.75, 3.05) is 13.1 Å². The maximum Gasteiger partial charge on any atom is 0.254 e. The minimum atomic E-state index is -0.0472. The van der Waals surface area contributed by atoms with Gasteiger partial charge >= 0.3 is 0 Å². The number of carbonyl (C=O) groups is 1. The predicted octanol–water partition coefficient (Wildman–Crippen LogP) is 3.63. The van der Waals surface area contributed by atoms with Crippen LogP contribution in [0.4, 0.5) is 0 Å². The van der Waals surface area contributed by atoms with Crippen LogP contribution in [0.1, 0.15) is 21.5 Å². The number of carbonyl (C=O) groups excluding carboxylic acids is 1. The molecule has 0 spiro atoms. The Labute approximate surface area is 133 Å². The number of fused-ring (bicyclic) bond motifs is 1. The smallest absolute Gasteiger partial charge is 0.254 e. The first-order valence-corrected chi connectivity index (χ1v) is 7.58. The fourth-order valence-electron chi connectivity index (χ4n) is 2.64. The Kier molecular flexibility index (Phi) is 4.13.